The summed E-state index contributed by atoms with van der Waals surface area (Å²) in [6, 6.07) is 3.88. The number of pyridine rings is 1. The van der Waals surface area contributed by atoms with Crippen LogP contribution in [0.15, 0.2) is 18.3 Å². The molecule has 1 aliphatic heterocycles. The molecule has 1 N–H and O–H groups in total. The molecule has 13 heavy (non-hydrogen) atoms. The van der Waals surface area contributed by atoms with Crippen LogP contribution in [-0.2, 0) is 0 Å². The summed E-state index contributed by atoms with van der Waals surface area (Å²) in [7, 11) is 0. The number of hydrogen-bond acceptors (Lipinski definition) is 3. The Balaban J connectivity index is 2.04. The van der Waals surface area contributed by atoms with Gasteiger partial charge in [0.25, 0.3) is 0 Å². The lowest BCUT2D eigenvalue weighted by Gasteiger charge is -2.13. The second kappa shape index (κ2) is 3.75. The topological polar surface area (TPSA) is 34.1 Å². The average molecular weight is 178 g/mol. The van der Waals surface area contributed by atoms with E-state index in [1.54, 1.807) is 6.20 Å². The van der Waals surface area contributed by atoms with Gasteiger partial charge < -0.3 is 10.1 Å². The lowest BCUT2D eigenvalue weighted by Crippen LogP contribution is -2.20. The highest BCUT2D eigenvalue weighted by atomic mass is 16.5. The lowest BCUT2D eigenvalue weighted by molar-refractivity contribution is 0.220. The van der Waals surface area contributed by atoms with Gasteiger partial charge in [-0.2, -0.15) is 0 Å². The monoisotopic (exact) mass is 178 g/mol. The Kier molecular flexibility index (Phi) is 2.45. The zero-order valence-electron chi connectivity index (χ0n) is 7.79. The van der Waals surface area contributed by atoms with Crippen LogP contribution in [-0.4, -0.2) is 24.2 Å². The molecular weight excluding hydrogens is 164 g/mol. The van der Waals surface area contributed by atoms with Crippen LogP contribution in [0.25, 0.3) is 0 Å². The van der Waals surface area contributed by atoms with Crippen molar-refractivity contribution in [1.29, 1.82) is 0 Å². The minimum Gasteiger partial charge on any atom is -0.487 e. The molecule has 0 aliphatic carbocycles. The predicted octanol–water partition coefficient (Wildman–Crippen LogP) is 1.13. The van der Waals surface area contributed by atoms with Crippen LogP contribution in [0.4, 0.5) is 0 Å². The summed E-state index contributed by atoms with van der Waals surface area (Å²) in [4.78, 5) is 4.18. The Bertz CT molecular complexity index is 282. The fraction of sp³-hybridized carbons (Fsp3) is 0.500. The molecule has 3 heteroatoms. The molecule has 0 amide bonds. The third-order valence-corrected chi connectivity index (χ3v) is 2.27. The average Bonchev–Trinajstić information content (AvgIpc) is 2.61. The molecule has 3 nitrogen and oxygen atoms in total. The predicted molar refractivity (Wildman–Crippen MR) is 50.9 cm³/mol. The molecule has 1 fully saturated rings. The molecule has 1 aromatic heterocycles. The molecule has 0 radical (unpaired) electrons. The van der Waals surface area contributed by atoms with E-state index in [-0.39, 0.29) is 0 Å². The normalized spacial score (nSPS) is 21.8. The first kappa shape index (κ1) is 8.51. The van der Waals surface area contributed by atoms with E-state index >= 15 is 0 Å². The fourth-order valence-electron chi connectivity index (χ4n) is 1.50. The van der Waals surface area contributed by atoms with E-state index in [9.17, 15) is 0 Å². The van der Waals surface area contributed by atoms with Gasteiger partial charge in [-0.1, -0.05) is 0 Å². The van der Waals surface area contributed by atoms with E-state index in [1.165, 1.54) is 0 Å². The molecule has 0 aromatic carbocycles. The molecule has 2 rings (SSSR count). The summed E-state index contributed by atoms with van der Waals surface area (Å²) >= 11 is 0. The Hall–Kier alpha value is -1.09. The van der Waals surface area contributed by atoms with Crippen LogP contribution in [0.1, 0.15) is 12.1 Å². The third kappa shape index (κ3) is 1.98. The van der Waals surface area contributed by atoms with Gasteiger partial charge in [-0.25, -0.2) is 0 Å². The van der Waals surface area contributed by atoms with Crippen molar-refractivity contribution in [3.05, 3.63) is 24.0 Å². The minimum absolute atomic E-state index is 0.322. The summed E-state index contributed by atoms with van der Waals surface area (Å²) in [6.45, 7) is 3.98. The van der Waals surface area contributed by atoms with Gasteiger partial charge in [-0.05, 0) is 32.0 Å². The molecule has 70 valence electrons. The van der Waals surface area contributed by atoms with Crippen molar-refractivity contribution >= 4 is 0 Å². The van der Waals surface area contributed by atoms with Gasteiger partial charge in [-0.15, -0.1) is 0 Å². The van der Waals surface area contributed by atoms with E-state index in [0.717, 1.165) is 31.0 Å². The lowest BCUT2D eigenvalue weighted by atomic mass is 10.3. The van der Waals surface area contributed by atoms with Crippen molar-refractivity contribution in [1.82, 2.24) is 10.3 Å². The van der Waals surface area contributed by atoms with Gasteiger partial charge in [0.1, 0.15) is 11.9 Å². The highest BCUT2D eigenvalue weighted by molar-refractivity contribution is 5.25. The van der Waals surface area contributed by atoms with E-state index < -0.39 is 0 Å². The molecule has 1 aliphatic rings. The molecule has 0 unspecified atom stereocenters. The number of aromatic nitrogens is 1. The highest BCUT2D eigenvalue weighted by Gasteiger charge is 2.16. The van der Waals surface area contributed by atoms with E-state index in [4.69, 9.17) is 4.74 Å². The second-order valence-corrected chi connectivity index (χ2v) is 3.32. The molecule has 0 spiro atoms. The Labute approximate surface area is 78.1 Å². The molecule has 1 atom stereocenters. The number of ether oxygens (including phenoxy) is 1. The van der Waals surface area contributed by atoms with Crippen molar-refractivity contribution in [2.24, 2.45) is 0 Å². The SMILES string of the molecule is Cc1ncccc1O[C@@H]1CCNC1. The Morgan fingerprint density at radius 3 is 3.23 bits per heavy atom. The van der Waals surface area contributed by atoms with E-state index in [2.05, 4.69) is 10.3 Å². The van der Waals surface area contributed by atoms with Gasteiger partial charge in [0.2, 0.25) is 0 Å². The third-order valence-electron chi connectivity index (χ3n) is 2.27. The van der Waals surface area contributed by atoms with Crippen molar-refractivity contribution in [3.8, 4) is 5.75 Å². The van der Waals surface area contributed by atoms with Crippen LogP contribution in [0.2, 0.25) is 0 Å². The Morgan fingerprint density at radius 2 is 2.54 bits per heavy atom. The maximum atomic E-state index is 5.78. The summed E-state index contributed by atoms with van der Waals surface area (Å²) in [5.74, 6) is 0.913. The standard InChI is InChI=1S/C10H14N2O/c1-8-10(3-2-5-12-8)13-9-4-6-11-7-9/h2-3,5,9,11H,4,6-7H2,1H3/t9-/m1/s1. The number of nitrogens with one attached hydrogen (secondary N) is 1. The molecule has 0 bridgehead atoms. The van der Waals surface area contributed by atoms with Crippen LogP contribution >= 0.6 is 0 Å². The first-order valence-corrected chi connectivity index (χ1v) is 4.65. The maximum absolute atomic E-state index is 5.78. The molecular formula is C10H14N2O. The first-order chi connectivity index (χ1) is 6.36. The quantitative estimate of drug-likeness (QED) is 0.737. The van der Waals surface area contributed by atoms with Crippen molar-refractivity contribution in [2.75, 3.05) is 13.1 Å². The van der Waals surface area contributed by atoms with Gasteiger partial charge in [-0.3, -0.25) is 4.98 Å². The van der Waals surface area contributed by atoms with Gasteiger partial charge in [0, 0.05) is 12.7 Å². The Morgan fingerprint density at radius 1 is 1.62 bits per heavy atom. The smallest absolute Gasteiger partial charge is 0.140 e. The van der Waals surface area contributed by atoms with Gasteiger partial charge in [0.05, 0.1) is 5.69 Å². The van der Waals surface area contributed by atoms with Gasteiger partial charge >= 0.3 is 0 Å². The summed E-state index contributed by atoms with van der Waals surface area (Å²) in [5.41, 5.74) is 0.967. The van der Waals surface area contributed by atoms with Crippen LogP contribution in [0.5, 0.6) is 5.75 Å². The van der Waals surface area contributed by atoms with Crippen molar-refractivity contribution in [3.63, 3.8) is 0 Å². The zero-order valence-corrected chi connectivity index (χ0v) is 7.79. The number of nitrogens with zero attached hydrogens (tertiary/aromatic N) is 1. The van der Waals surface area contributed by atoms with Crippen LogP contribution < -0.4 is 10.1 Å². The van der Waals surface area contributed by atoms with Crippen LogP contribution in [0, 0.1) is 6.92 Å². The van der Waals surface area contributed by atoms with Crippen LogP contribution in [0.3, 0.4) is 0 Å². The molecule has 2 heterocycles. The first-order valence-electron chi connectivity index (χ1n) is 4.65. The number of hydrogen-bond donors (Lipinski definition) is 1. The zero-order chi connectivity index (χ0) is 9.10. The fourth-order valence-corrected chi connectivity index (χ4v) is 1.50. The molecule has 1 saturated heterocycles. The summed E-state index contributed by atoms with van der Waals surface area (Å²) in [6.07, 6.45) is 3.20. The maximum Gasteiger partial charge on any atom is 0.140 e. The van der Waals surface area contributed by atoms with E-state index in [1.807, 2.05) is 19.1 Å². The van der Waals surface area contributed by atoms with Crippen molar-refractivity contribution in [2.45, 2.75) is 19.4 Å². The number of aryl methyl sites for hydroxylation is 1. The van der Waals surface area contributed by atoms with E-state index in [0.29, 0.717) is 6.10 Å². The largest absolute Gasteiger partial charge is 0.487 e. The molecule has 0 saturated carbocycles. The van der Waals surface area contributed by atoms with Gasteiger partial charge in [0.15, 0.2) is 0 Å². The summed E-state index contributed by atoms with van der Waals surface area (Å²) < 4.78 is 5.78. The van der Waals surface area contributed by atoms with Crippen molar-refractivity contribution < 1.29 is 4.74 Å². The summed E-state index contributed by atoms with van der Waals surface area (Å²) in [5, 5.41) is 3.27. The molecule has 1 aromatic rings. The highest BCUT2D eigenvalue weighted by Crippen LogP contribution is 2.17. The second-order valence-electron chi connectivity index (χ2n) is 3.32. The minimum atomic E-state index is 0.322. The number of rotatable bonds is 2.